The van der Waals surface area contributed by atoms with Gasteiger partial charge in [0, 0.05) is 24.7 Å². The van der Waals surface area contributed by atoms with Crippen LogP contribution >= 0.6 is 11.6 Å². The molecule has 1 aromatic carbocycles. The van der Waals surface area contributed by atoms with E-state index in [1.165, 1.54) is 6.07 Å². The molecule has 0 saturated heterocycles. The number of nitrogens with zero attached hydrogens (tertiary/aromatic N) is 2. The molecule has 0 N–H and O–H groups in total. The number of aromatic nitrogens is 1. The molecule has 100 valence electrons. The molecule has 0 radical (unpaired) electrons. The van der Waals surface area contributed by atoms with E-state index in [2.05, 4.69) is 4.98 Å². The Morgan fingerprint density at radius 3 is 2.74 bits per heavy atom. The molecule has 0 fully saturated rings. The molecule has 0 aliphatic heterocycles. The Labute approximate surface area is 117 Å². The molecule has 19 heavy (non-hydrogen) atoms. The van der Waals surface area contributed by atoms with Gasteiger partial charge in [0.1, 0.15) is 5.82 Å². The van der Waals surface area contributed by atoms with Gasteiger partial charge in [-0.25, -0.2) is 4.39 Å². The van der Waals surface area contributed by atoms with Crippen molar-refractivity contribution in [1.82, 2.24) is 4.98 Å². The van der Waals surface area contributed by atoms with Gasteiger partial charge in [0.05, 0.1) is 17.9 Å². The SMILES string of the molecule is CC(c1ccccc1F)N(C)c1cnccc1CCl. The maximum atomic E-state index is 13.8. The van der Waals surface area contributed by atoms with Crippen LogP contribution in [-0.2, 0) is 5.88 Å². The standard InChI is InChI=1S/C15H16ClFN2/c1-11(13-5-3-4-6-14(13)17)19(2)15-10-18-8-7-12(15)9-16/h3-8,10-11H,9H2,1-2H3. The Balaban J connectivity index is 2.34. The molecule has 1 atom stereocenters. The number of rotatable bonds is 4. The molecule has 2 aromatic rings. The third kappa shape index (κ3) is 2.87. The lowest BCUT2D eigenvalue weighted by Crippen LogP contribution is -2.23. The quantitative estimate of drug-likeness (QED) is 0.781. The summed E-state index contributed by atoms with van der Waals surface area (Å²) in [6.07, 6.45) is 3.47. The summed E-state index contributed by atoms with van der Waals surface area (Å²) >= 11 is 5.93. The summed E-state index contributed by atoms with van der Waals surface area (Å²) < 4.78 is 13.8. The second-order valence-electron chi connectivity index (χ2n) is 4.45. The van der Waals surface area contributed by atoms with Gasteiger partial charge in [-0.3, -0.25) is 4.98 Å². The second kappa shape index (κ2) is 6.02. The molecule has 0 bridgehead atoms. The largest absolute Gasteiger partial charge is 0.366 e. The molecule has 0 aliphatic carbocycles. The van der Waals surface area contributed by atoms with Crippen molar-refractivity contribution >= 4 is 17.3 Å². The number of hydrogen-bond donors (Lipinski definition) is 0. The van der Waals surface area contributed by atoms with E-state index in [0.29, 0.717) is 11.4 Å². The minimum Gasteiger partial charge on any atom is -0.366 e. The van der Waals surface area contributed by atoms with Crippen LogP contribution in [0.5, 0.6) is 0 Å². The van der Waals surface area contributed by atoms with Crippen LogP contribution in [0.2, 0.25) is 0 Å². The van der Waals surface area contributed by atoms with Crippen molar-refractivity contribution < 1.29 is 4.39 Å². The molecule has 2 rings (SSSR count). The van der Waals surface area contributed by atoms with Gasteiger partial charge in [-0.15, -0.1) is 11.6 Å². The van der Waals surface area contributed by atoms with Crippen LogP contribution in [0.1, 0.15) is 24.1 Å². The van der Waals surface area contributed by atoms with Crippen LogP contribution < -0.4 is 4.90 Å². The highest BCUT2D eigenvalue weighted by Crippen LogP contribution is 2.29. The molecule has 1 heterocycles. The first-order valence-corrected chi connectivity index (χ1v) is 6.64. The predicted molar refractivity (Wildman–Crippen MR) is 77.0 cm³/mol. The van der Waals surface area contributed by atoms with Gasteiger partial charge in [0.25, 0.3) is 0 Å². The van der Waals surface area contributed by atoms with Crippen molar-refractivity contribution in [2.45, 2.75) is 18.8 Å². The molecule has 4 heteroatoms. The van der Waals surface area contributed by atoms with Crippen molar-refractivity contribution in [3.63, 3.8) is 0 Å². The number of pyridine rings is 1. The zero-order valence-electron chi connectivity index (χ0n) is 11.0. The Morgan fingerprint density at radius 1 is 1.32 bits per heavy atom. The minimum absolute atomic E-state index is 0.0904. The fourth-order valence-corrected chi connectivity index (χ4v) is 2.30. The van der Waals surface area contributed by atoms with E-state index in [0.717, 1.165) is 11.3 Å². The average molecular weight is 279 g/mol. The number of hydrogen-bond acceptors (Lipinski definition) is 2. The normalized spacial score (nSPS) is 12.2. The predicted octanol–water partition coefficient (Wildman–Crippen LogP) is 4.16. The van der Waals surface area contributed by atoms with E-state index in [1.54, 1.807) is 24.5 Å². The lowest BCUT2D eigenvalue weighted by molar-refractivity contribution is 0.585. The summed E-state index contributed by atoms with van der Waals surface area (Å²) in [5.41, 5.74) is 2.57. The summed E-state index contributed by atoms with van der Waals surface area (Å²) in [7, 11) is 1.92. The Hall–Kier alpha value is -1.61. The van der Waals surface area contributed by atoms with E-state index in [4.69, 9.17) is 11.6 Å². The number of alkyl halides is 1. The number of anilines is 1. The highest BCUT2D eigenvalue weighted by molar-refractivity contribution is 6.17. The topological polar surface area (TPSA) is 16.1 Å². The van der Waals surface area contributed by atoms with E-state index in [-0.39, 0.29) is 11.9 Å². The van der Waals surface area contributed by atoms with Crippen molar-refractivity contribution in [2.75, 3.05) is 11.9 Å². The van der Waals surface area contributed by atoms with Crippen LogP contribution in [0.4, 0.5) is 10.1 Å². The maximum absolute atomic E-state index is 13.8. The van der Waals surface area contributed by atoms with Crippen LogP contribution in [-0.4, -0.2) is 12.0 Å². The maximum Gasteiger partial charge on any atom is 0.128 e. The van der Waals surface area contributed by atoms with E-state index < -0.39 is 0 Å². The fraction of sp³-hybridized carbons (Fsp3) is 0.267. The van der Waals surface area contributed by atoms with Gasteiger partial charge in [0.2, 0.25) is 0 Å². The van der Waals surface area contributed by atoms with E-state index >= 15 is 0 Å². The van der Waals surface area contributed by atoms with Gasteiger partial charge in [-0.05, 0) is 24.6 Å². The van der Waals surface area contributed by atoms with Crippen molar-refractivity contribution in [2.24, 2.45) is 0 Å². The summed E-state index contributed by atoms with van der Waals surface area (Å²) in [6, 6.07) is 8.60. The first-order valence-electron chi connectivity index (χ1n) is 6.11. The van der Waals surface area contributed by atoms with Crippen LogP contribution in [0.15, 0.2) is 42.7 Å². The summed E-state index contributed by atoms with van der Waals surface area (Å²) in [4.78, 5) is 6.11. The first-order chi connectivity index (χ1) is 9.15. The Bertz CT molecular complexity index is 559. The average Bonchev–Trinajstić information content (AvgIpc) is 2.46. The highest BCUT2D eigenvalue weighted by atomic mass is 35.5. The van der Waals surface area contributed by atoms with Gasteiger partial charge in [-0.1, -0.05) is 18.2 Å². The highest BCUT2D eigenvalue weighted by Gasteiger charge is 2.17. The van der Waals surface area contributed by atoms with Crippen LogP contribution in [0.3, 0.4) is 0 Å². The first kappa shape index (κ1) is 13.8. The second-order valence-corrected chi connectivity index (χ2v) is 4.71. The molecular formula is C15H16ClFN2. The monoisotopic (exact) mass is 278 g/mol. The molecule has 0 spiro atoms. The minimum atomic E-state index is -0.196. The van der Waals surface area contributed by atoms with Gasteiger partial charge in [0.15, 0.2) is 0 Å². The fourth-order valence-electron chi connectivity index (χ4n) is 2.08. The smallest absolute Gasteiger partial charge is 0.128 e. The van der Waals surface area contributed by atoms with Crippen molar-refractivity contribution in [3.8, 4) is 0 Å². The molecule has 0 aliphatic rings. The lowest BCUT2D eigenvalue weighted by atomic mass is 10.1. The molecule has 0 amide bonds. The molecule has 0 saturated carbocycles. The Kier molecular flexibility index (Phi) is 4.38. The van der Waals surface area contributed by atoms with E-state index in [9.17, 15) is 4.39 Å². The summed E-state index contributed by atoms with van der Waals surface area (Å²) in [6.45, 7) is 1.96. The summed E-state index contributed by atoms with van der Waals surface area (Å²) in [5.74, 6) is 0.213. The molecule has 1 aromatic heterocycles. The molecular weight excluding hydrogens is 263 g/mol. The van der Waals surface area contributed by atoms with Gasteiger partial charge < -0.3 is 4.90 Å². The zero-order chi connectivity index (χ0) is 13.8. The number of benzene rings is 1. The van der Waals surface area contributed by atoms with Crippen LogP contribution in [0.25, 0.3) is 0 Å². The third-order valence-corrected chi connectivity index (χ3v) is 3.64. The summed E-state index contributed by atoms with van der Waals surface area (Å²) in [5, 5.41) is 0. The Morgan fingerprint density at radius 2 is 2.05 bits per heavy atom. The van der Waals surface area contributed by atoms with Crippen molar-refractivity contribution in [1.29, 1.82) is 0 Å². The van der Waals surface area contributed by atoms with Crippen molar-refractivity contribution in [3.05, 3.63) is 59.7 Å². The van der Waals surface area contributed by atoms with E-state index in [1.807, 2.05) is 31.0 Å². The van der Waals surface area contributed by atoms with Crippen LogP contribution in [0, 0.1) is 5.82 Å². The zero-order valence-corrected chi connectivity index (χ0v) is 11.7. The lowest BCUT2D eigenvalue weighted by Gasteiger charge is -2.28. The third-order valence-electron chi connectivity index (χ3n) is 3.35. The molecule has 1 unspecified atom stereocenters. The number of halogens is 2. The van der Waals surface area contributed by atoms with Gasteiger partial charge in [-0.2, -0.15) is 0 Å². The van der Waals surface area contributed by atoms with Gasteiger partial charge >= 0.3 is 0 Å². The molecule has 2 nitrogen and oxygen atoms in total.